The van der Waals surface area contributed by atoms with E-state index < -0.39 is 12.0 Å². The quantitative estimate of drug-likeness (QED) is 0.920. The van der Waals surface area contributed by atoms with E-state index in [-0.39, 0.29) is 5.54 Å². The molecule has 1 aromatic rings. The summed E-state index contributed by atoms with van der Waals surface area (Å²) in [5.74, 6) is 0.441. The van der Waals surface area contributed by atoms with Gasteiger partial charge >= 0.3 is 5.97 Å². The van der Waals surface area contributed by atoms with E-state index in [0.29, 0.717) is 12.5 Å². The summed E-state index contributed by atoms with van der Waals surface area (Å²) in [5, 5.41) is 9.43. The first kappa shape index (κ1) is 15.7. The topological polar surface area (TPSA) is 49.8 Å². The van der Waals surface area contributed by atoms with Crippen LogP contribution in [0.1, 0.15) is 52.5 Å². The predicted octanol–water partition coefficient (Wildman–Crippen LogP) is 3.65. The van der Waals surface area contributed by atoms with E-state index in [4.69, 9.17) is 4.74 Å². The Morgan fingerprint density at radius 1 is 1.52 bits per heavy atom. The minimum Gasteiger partial charge on any atom is -0.494 e. The molecule has 4 nitrogen and oxygen atoms in total. The second-order valence-electron chi connectivity index (χ2n) is 6.46. The molecular formula is C17H25NO3. The molecule has 0 saturated carbocycles. The fourth-order valence-electron chi connectivity index (χ4n) is 3.53. The van der Waals surface area contributed by atoms with Gasteiger partial charge in [0.25, 0.3) is 0 Å². The number of aliphatic carboxylic acids is 1. The van der Waals surface area contributed by atoms with Gasteiger partial charge in [-0.05, 0) is 63.8 Å². The Labute approximate surface area is 126 Å². The third kappa shape index (κ3) is 2.85. The minimum absolute atomic E-state index is 0.183. The van der Waals surface area contributed by atoms with E-state index in [0.717, 1.165) is 17.9 Å². The summed E-state index contributed by atoms with van der Waals surface area (Å²) in [5.41, 5.74) is 2.00. The van der Waals surface area contributed by atoms with E-state index in [1.165, 1.54) is 5.56 Å². The Balaban J connectivity index is 2.52. The third-order valence-electron chi connectivity index (χ3n) is 4.30. The summed E-state index contributed by atoms with van der Waals surface area (Å²) in [4.78, 5) is 13.5. The highest BCUT2D eigenvalue weighted by atomic mass is 16.5. The van der Waals surface area contributed by atoms with Gasteiger partial charge in [-0.15, -0.1) is 0 Å². The van der Waals surface area contributed by atoms with E-state index in [2.05, 4.69) is 26.8 Å². The molecule has 21 heavy (non-hydrogen) atoms. The molecule has 2 rings (SSSR count). The number of nitrogens with zero attached hydrogens (tertiary/aromatic N) is 1. The van der Waals surface area contributed by atoms with Gasteiger partial charge in [-0.3, -0.25) is 0 Å². The first-order valence-corrected chi connectivity index (χ1v) is 7.56. The van der Waals surface area contributed by atoms with Crippen molar-refractivity contribution in [1.29, 1.82) is 0 Å². The number of ether oxygens (including phenoxy) is 1. The van der Waals surface area contributed by atoms with Crippen molar-refractivity contribution in [2.24, 2.45) is 0 Å². The van der Waals surface area contributed by atoms with Crippen LogP contribution in [0.3, 0.4) is 0 Å². The molecule has 1 N–H and O–H groups in total. The number of hydrogen-bond donors (Lipinski definition) is 1. The lowest BCUT2D eigenvalue weighted by atomic mass is 9.79. The SMILES string of the molecule is CCOc1ccc2c(c1)[C@H](C)CC(C)(C)N2[C@H](C)C(=O)O. The molecule has 0 spiro atoms. The summed E-state index contributed by atoms with van der Waals surface area (Å²) >= 11 is 0. The smallest absolute Gasteiger partial charge is 0.326 e. The second-order valence-corrected chi connectivity index (χ2v) is 6.46. The van der Waals surface area contributed by atoms with Gasteiger partial charge in [0.1, 0.15) is 11.8 Å². The zero-order valence-electron chi connectivity index (χ0n) is 13.5. The first-order chi connectivity index (χ1) is 9.77. The van der Waals surface area contributed by atoms with Crippen LogP contribution < -0.4 is 9.64 Å². The number of carboxylic acids is 1. The molecule has 0 amide bonds. The van der Waals surface area contributed by atoms with Gasteiger partial charge in [-0.1, -0.05) is 6.92 Å². The van der Waals surface area contributed by atoms with Gasteiger partial charge in [-0.2, -0.15) is 0 Å². The Kier molecular flexibility index (Phi) is 4.17. The number of hydrogen-bond acceptors (Lipinski definition) is 3. The highest BCUT2D eigenvalue weighted by molar-refractivity contribution is 5.79. The van der Waals surface area contributed by atoms with Gasteiger partial charge in [0.2, 0.25) is 0 Å². The lowest BCUT2D eigenvalue weighted by Crippen LogP contribution is -2.55. The molecule has 0 fully saturated rings. The number of benzene rings is 1. The van der Waals surface area contributed by atoms with E-state index in [1.54, 1.807) is 6.92 Å². The van der Waals surface area contributed by atoms with Crippen molar-refractivity contribution in [3.63, 3.8) is 0 Å². The van der Waals surface area contributed by atoms with Crippen molar-refractivity contribution >= 4 is 11.7 Å². The van der Waals surface area contributed by atoms with Crippen LogP contribution in [0.4, 0.5) is 5.69 Å². The van der Waals surface area contributed by atoms with E-state index in [9.17, 15) is 9.90 Å². The number of rotatable bonds is 4. The van der Waals surface area contributed by atoms with E-state index >= 15 is 0 Å². The molecule has 0 aliphatic carbocycles. The number of carbonyl (C=O) groups is 1. The molecule has 0 radical (unpaired) electrons. The molecular weight excluding hydrogens is 266 g/mol. The molecule has 1 aliphatic rings. The van der Waals surface area contributed by atoms with Crippen molar-refractivity contribution in [1.82, 2.24) is 0 Å². The maximum Gasteiger partial charge on any atom is 0.326 e. The van der Waals surface area contributed by atoms with Crippen molar-refractivity contribution in [2.75, 3.05) is 11.5 Å². The van der Waals surface area contributed by atoms with Crippen LogP contribution in [0.25, 0.3) is 0 Å². The summed E-state index contributed by atoms with van der Waals surface area (Å²) in [6.07, 6.45) is 0.924. The van der Waals surface area contributed by atoms with Crippen LogP contribution in [-0.2, 0) is 4.79 Å². The summed E-state index contributed by atoms with van der Waals surface area (Å²) in [6, 6.07) is 5.43. The van der Waals surface area contributed by atoms with Crippen molar-refractivity contribution in [3.8, 4) is 5.75 Å². The van der Waals surface area contributed by atoms with Crippen LogP contribution in [0.2, 0.25) is 0 Å². The fraction of sp³-hybridized carbons (Fsp3) is 0.588. The predicted molar refractivity (Wildman–Crippen MR) is 84.3 cm³/mol. The highest BCUT2D eigenvalue weighted by Gasteiger charge is 2.40. The Morgan fingerprint density at radius 2 is 2.19 bits per heavy atom. The molecule has 4 heteroatoms. The van der Waals surface area contributed by atoms with Gasteiger partial charge in [0, 0.05) is 11.2 Å². The standard InChI is InChI=1S/C17H25NO3/c1-6-21-13-7-8-15-14(9-13)11(2)10-17(4,5)18(15)12(3)16(19)20/h7-9,11-12H,6,10H2,1-5H3,(H,19,20)/t11-,12-/m1/s1. The van der Waals surface area contributed by atoms with Gasteiger partial charge in [-0.25, -0.2) is 4.79 Å². The van der Waals surface area contributed by atoms with Gasteiger partial charge < -0.3 is 14.7 Å². The average molecular weight is 291 g/mol. The maximum absolute atomic E-state index is 11.5. The number of anilines is 1. The van der Waals surface area contributed by atoms with Gasteiger partial charge in [0.15, 0.2) is 0 Å². The summed E-state index contributed by atoms with van der Waals surface area (Å²) < 4.78 is 5.58. The average Bonchev–Trinajstić information content (AvgIpc) is 2.38. The van der Waals surface area contributed by atoms with Crippen LogP contribution >= 0.6 is 0 Å². The highest BCUT2D eigenvalue weighted by Crippen LogP contribution is 2.45. The van der Waals surface area contributed by atoms with Gasteiger partial charge in [0.05, 0.1) is 6.61 Å². The Morgan fingerprint density at radius 3 is 2.76 bits per heavy atom. The molecule has 1 heterocycles. The van der Waals surface area contributed by atoms with Crippen LogP contribution in [0.15, 0.2) is 18.2 Å². The normalized spacial score (nSPS) is 21.6. The summed E-state index contributed by atoms with van der Waals surface area (Å²) in [7, 11) is 0. The third-order valence-corrected chi connectivity index (χ3v) is 4.30. The Hall–Kier alpha value is -1.71. The fourth-order valence-corrected chi connectivity index (χ4v) is 3.53. The van der Waals surface area contributed by atoms with Crippen molar-refractivity contribution in [2.45, 2.75) is 58.5 Å². The zero-order chi connectivity index (χ0) is 15.8. The van der Waals surface area contributed by atoms with Crippen LogP contribution in [0.5, 0.6) is 5.75 Å². The molecule has 0 saturated heterocycles. The maximum atomic E-state index is 11.5. The van der Waals surface area contributed by atoms with Crippen LogP contribution in [-0.4, -0.2) is 29.3 Å². The first-order valence-electron chi connectivity index (χ1n) is 7.56. The molecule has 1 aromatic carbocycles. The largest absolute Gasteiger partial charge is 0.494 e. The number of fused-ring (bicyclic) bond motifs is 1. The zero-order valence-corrected chi connectivity index (χ0v) is 13.5. The monoisotopic (exact) mass is 291 g/mol. The molecule has 0 aromatic heterocycles. The second kappa shape index (κ2) is 5.58. The molecule has 2 atom stereocenters. The minimum atomic E-state index is -0.794. The Bertz CT molecular complexity index is 539. The molecule has 0 bridgehead atoms. The van der Waals surface area contributed by atoms with Crippen LogP contribution in [0, 0.1) is 0 Å². The molecule has 0 unspecified atom stereocenters. The van der Waals surface area contributed by atoms with E-state index in [1.807, 2.05) is 24.0 Å². The molecule has 1 aliphatic heterocycles. The lowest BCUT2D eigenvalue weighted by molar-refractivity contribution is -0.138. The van der Waals surface area contributed by atoms with Crippen molar-refractivity contribution in [3.05, 3.63) is 23.8 Å². The summed E-state index contributed by atoms with van der Waals surface area (Å²) in [6.45, 7) is 10.8. The van der Waals surface area contributed by atoms with Crippen molar-refractivity contribution < 1.29 is 14.6 Å². The molecule has 116 valence electrons. The lowest BCUT2D eigenvalue weighted by Gasteiger charge is -2.49. The number of carboxylic acid groups (broad SMARTS) is 1.